The first-order valence-electron chi connectivity index (χ1n) is 3.07. The summed E-state index contributed by atoms with van der Waals surface area (Å²) in [7, 11) is 1.57. The molecule has 10 heavy (non-hydrogen) atoms. The maximum atomic E-state index is 4.87. The Hall–Kier alpha value is -0.440. The highest BCUT2D eigenvalue weighted by Crippen LogP contribution is 2.18. The van der Waals surface area contributed by atoms with Crippen LogP contribution in [0.2, 0.25) is 0 Å². The topological polar surface area (TPSA) is 21.6 Å². The third-order valence-corrected chi connectivity index (χ3v) is 1.54. The van der Waals surface area contributed by atoms with Crippen LogP contribution < -0.4 is 0 Å². The van der Waals surface area contributed by atoms with Crippen molar-refractivity contribution >= 4 is 19.3 Å². The van der Waals surface area contributed by atoms with E-state index in [1.54, 1.807) is 7.11 Å². The average Bonchev–Trinajstić information content (AvgIpc) is 1.88. The van der Waals surface area contributed by atoms with E-state index >= 15 is 0 Å². The summed E-state index contributed by atoms with van der Waals surface area (Å²) in [6.45, 7) is 7.44. The van der Waals surface area contributed by atoms with Gasteiger partial charge in [-0.15, -0.1) is 12.6 Å². The van der Waals surface area contributed by atoms with E-state index < -0.39 is 0 Å². The normalized spacial score (nSPS) is 12.9. The summed E-state index contributed by atoms with van der Waals surface area (Å²) in [4.78, 5) is 3.79. The summed E-state index contributed by atoms with van der Waals surface area (Å²) in [6.07, 6.45) is 0. The van der Waals surface area contributed by atoms with Crippen molar-refractivity contribution in [3.05, 3.63) is 10.8 Å². The second-order valence-corrected chi connectivity index (χ2v) is 2.61. The minimum absolute atomic E-state index is 0.310. The number of allylic oxidation sites excluding steroid dienone is 1. The number of rotatable bonds is 3. The minimum Gasteiger partial charge on any atom is -0.489 e. The molecule has 0 rings (SSSR count). The Kier molecular flexibility index (Phi) is 4.19. The average molecular weight is 159 g/mol. The zero-order valence-corrected chi connectivity index (χ0v) is 7.48. The molecule has 3 heteroatoms. The molecule has 0 aliphatic rings. The molecule has 0 spiro atoms. The van der Waals surface area contributed by atoms with Gasteiger partial charge in [0.2, 0.25) is 0 Å². The molecule has 0 heterocycles. The summed E-state index contributed by atoms with van der Waals surface area (Å²) in [5, 5.41) is 0.546. The Balaban J connectivity index is 4.45. The molecule has 58 valence electrons. The fourth-order valence-electron chi connectivity index (χ4n) is 0.602. The van der Waals surface area contributed by atoms with E-state index in [0.29, 0.717) is 11.0 Å². The molecule has 0 radical (unpaired) electrons. The third kappa shape index (κ3) is 2.43. The summed E-state index contributed by atoms with van der Waals surface area (Å²) >= 11 is 4.07. The van der Waals surface area contributed by atoms with E-state index in [4.69, 9.17) is 4.74 Å². The molecule has 0 bridgehead atoms. The predicted molar refractivity (Wildman–Crippen MR) is 47.4 cm³/mol. The molecule has 0 aromatic rings. The first-order chi connectivity index (χ1) is 4.63. The first kappa shape index (κ1) is 9.56. The lowest BCUT2D eigenvalue weighted by Gasteiger charge is -2.07. The molecular formula is C7H13NOS. The van der Waals surface area contributed by atoms with Crippen LogP contribution in [-0.4, -0.2) is 13.8 Å². The predicted octanol–water partition coefficient (Wildman–Crippen LogP) is 2.09. The number of hydrogen-bond donors (Lipinski definition) is 1. The number of methoxy groups -OCH3 is 1. The van der Waals surface area contributed by atoms with Crippen molar-refractivity contribution in [1.82, 2.24) is 0 Å². The van der Waals surface area contributed by atoms with E-state index in [-0.39, 0.29) is 0 Å². The van der Waals surface area contributed by atoms with E-state index in [1.165, 1.54) is 0 Å². The lowest BCUT2D eigenvalue weighted by Crippen LogP contribution is -1.94. The summed E-state index contributed by atoms with van der Waals surface area (Å²) < 4.78 is 4.87. The second kappa shape index (κ2) is 4.39. The van der Waals surface area contributed by atoms with Crippen LogP contribution in [0.4, 0.5) is 0 Å². The number of thiol groups is 1. The van der Waals surface area contributed by atoms with Crippen molar-refractivity contribution in [2.75, 3.05) is 7.11 Å². The molecule has 0 saturated heterocycles. The molecule has 0 fully saturated rings. The van der Waals surface area contributed by atoms with Gasteiger partial charge in [-0.1, -0.05) is 13.8 Å². The summed E-state index contributed by atoms with van der Waals surface area (Å²) in [6, 6.07) is 0. The van der Waals surface area contributed by atoms with Crippen molar-refractivity contribution in [2.45, 2.75) is 13.8 Å². The van der Waals surface area contributed by atoms with Gasteiger partial charge in [0.25, 0.3) is 0 Å². The van der Waals surface area contributed by atoms with Gasteiger partial charge in [-0.3, -0.25) is 4.99 Å². The Bertz CT molecular complexity index is 152. The molecule has 0 amide bonds. The zero-order valence-electron chi connectivity index (χ0n) is 6.59. The van der Waals surface area contributed by atoms with Crippen LogP contribution in [-0.2, 0) is 4.74 Å². The lowest BCUT2D eigenvalue weighted by molar-refractivity contribution is 0.317. The van der Waals surface area contributed by atoms with Crippen molar-refractivity contribution in [3.8, 4) is 0 Å². The van der Waals surface area contributed by atoms with Gasteiger partial charge < -0.3 is 4.74 Å². The number of ether oxygens (including phenoxy) is 1. The van der Waals surface area contributed by atoms with Crippen molar-refractivity contribution in [1.29, 1.82) is 0 Å². The molecule has 0 aliphatic heterocycles. The molecule has 0 aromatic heterocycles. The fourth-order valence-corrected chi connectivity index (χ4v) is 0.931. The van der Waals surface area contributed by atoms with Gasteiger partial charge in [-0.2, -0.15) is 0 Å². The van der Waals surface area contributed by atoms with Crippen LogP contribution >= 0.6 is 12.6 Å². The van der Waals surface area contributed by atoms with Crippen LogP contribution in [0.1, 0.15) is 13.8 Å². The highest BCUT2D eigenvalue weighted by molar-refractivity contribution is 7.84. The largest absolute Gasteiger partial charge is 0.489 e. The van der Waals surface area contributed by atoms with Gasteiger partial charge in [-0.05, 0) is 12.6 Å². The Morgan fingerprint density at radius 2 is 2.10 bits per heavy atom. The van der Waals surface area contributed by atoms with E-state index in [2.05, 4.69) is 24.3 Å². The van der Waals surface area contributed by atoms with Gasteiger partial charge >= 0.3 is 0 Å². The standard InChI is InChI=1S/C7H13NOS/c1-5(2)6(8-3)7(10)9-4/h5,10H,3H2,1-2,4H3/b7-6+. The lowest BCUT2D eigenvalue weighted by atomic mass is 10.2. The van der Waals surface area contributed by atoms with Crippen LogP contribution in [0.15, 0.2) is 15.8 Å². The van der Waals surface area contributed by atoms with Gasteiger partial charge in [0.05, 0.1) is 12.8 Å². The smallest absolute Gasteiger partial charge is 0.171 e. The molecule has 0 aromatic carbocycles. The number of hydrogen-bond acceptors (Lipinski definition) is 3. The van der Waals surface area contributed by atoms with Gasteiger partial charge in [0, 0.05) is 0 Å². The number of nitrogens with zero attached hydrogens (tertiary/aromatic N) is 1. The molecule has 0 atom stereocenters. The highest BCUT2D eigenvalue weighted by Gasteiger charge is 2.05. The van der Waals surface area contributed by atoms with Crippen LogP contribution in [0.25, 0.3) is 0 Å². The Morgan fingerprint density at radius 1 is 1.60 bits per heavy atom. The molecule has 0 aliphatic carbocycles. The van der Waals surface area contributed by atoms with E-state index in [0.717, 1.165) is 5.70 Å². The van der Waals surface area contributed by atoms with Crippen LogP contribution in [0.3, 0.4) is 0 Å². The molecule has 0 saturated carbocycles. The van der Waals surface area contributed by atoms with E-state index in [9.17, 15) is 0 Å². The van der Waals surface area contributed by atoms with Crippen molar-refractivity contribution < 1.29 is 4.74 Å². The van der Waals surface area contributed by atoms with Crippen molar-refractivity contribution in [2.24, 2.45) is 10.9 Å². The first-order valence-corrected chi connectivity index (χ1v) is 3.52. The maximum absolute atomic E-state index is 4.87. The Morgan fingerprint density at radius 3 is 2.20 bits per heavy atom. The highest BCUT2D eigenvalue weighted by atomic mass is 32.1. The van der Waals surface area contributed by atoms with Crippen LogP contribution in [0, 0.1) is 5.92 Å². The SMILES string of the molecule is C=N/C(=C(/S)OC)C(C)C. The molecule has 2 nitrogen and oxygen atoms in total. The fraction of sp³-hybridized carbons (Fsp3) is 0.571. The van der Waals surface area contributed by atoms with Gasteiger partial charge in [0.15, 0.2) is 5.09 Å². The maximum Gasteiger partial charge on any atom is 0.171 e. The molecule has 0 unspecified atom stereocenters. The van der Waals surface area contributed by atoms with Crippen molar-refractivity contribution in [3.63, 3.8) is 0 Å². The summed E-state index contributed by atoms with van der Waals surface area (Å²) in [5.41, 5.74) is 0.797. The molecular weight excluding hydrogens is 146 g/mol. The second-order valence-electron chi connectivity index (χ2n) is 2.21. The Labute approximate surface area is 67.4 Å². The zero-order chi connectivity index (χ0) is 8.15. The monoisotopic (exact) mass is 159 g/mol. The minimum atomic E-state index is 0.310. The van der Waals surface area contributed by atoms with Crippen LogP contribution in [0.5, 0.6) is 0 Å². The quantitative estimate of drug-likeness (QED) is 0.380. The van der Waals surface area contributed by atoms with E-state index in [1.807, 2.05) is 13.8 Å². The number of aliphatic imine (C=N–C) groups is 1. The van der Waals surface area contributed by atoms with Gasteiger partial charge in [-0.25, -0.2) is 0 Å². The van der Waals surface area contributed by atoms with Gasteiger partial charge in [0.1, 0.15) is 0 Å². The third-order valence-electron chi connectivity index (χ3n) is 1.13. The summed E-state index contributed by atoms with van der Waals surface area (Å²) in [5.74, 6) is 0.310. The molecule has 0 N–H and O–H groups in total.